The molecule has 0 spiro atoms. The van der Waals surface area contributed by atoms with Gasteiger partial charge in [-0.3, -0.25) is 9.59 Å². The Balaban J connectivity index is 1.80. The van der Waals surface area contributed by atoms with Crippen LogP contribution in [-0.4, -0.2) is 18.5 Å². The summed E-state index contributed by atoms with van der Waals surface area (Å²) in [4.78, 5) is 23.1. The Kier molecular flexibility index (Phi) is 3.88. The van der Waals surface area contributed by atoms with Crippen molar-refractivity contribution in [3.8, 4) is 0 Å². The molecule has 4 nitrogen and oxygen atoms in total. The van der Waals surface area contributed by atoms with Gasteiger partial charge in [0.2, 0.25) is 0 Å². The fourth-order valence-corrected chi connectivity index (χ4v) is 1.91. The SMILES string of the molecule is Cc1ccc(NC(=O)COC(=O)[C@H]2C[C@H]2C)cc1C. The van der Waals surface area contributed by atoms with Gasteiger partial charge >= 0.3 is 5.97 Å². The second kappa shape index (κ2) is 5.43. The van der Waals surface area contributed by atoms with E-state index < -0.39 is 0 Å². The van der Waals surface area contributed by atoms with Crippen molar-refractivity contribution in [3.05, 3.63) is 29.3 Å². The quantitative estimate of drug-likeness (QED) is 0.847. The standard InChI is InChI=1S/C15H19NO3/c1-9-4-5-12(6-10(9)2)16-14(17)8-19-15(18)13-7-11(13)3/h4-6,11,13H,7-8H2,1-3H3,(H,16,17)/t11-,13+/m1/s1. The fraction of sp³-hybridized carbons (Fsp3) is 0.467. The van der Waals surface area contributed by atoms with Crippen molar-refractivity contribution in [3.63, 3.8) is 0 Å². The molecule has 0 unspecified atom stereocenters. The van der Waals surface area contributed by atoms with Gasteiger partial charge in [-0.15, -0.1) is 0 Å². The fourth-order valence-electron chi connectivity index (χ4n) is 1.91. The number of carbonyl (C=O) groups excluding carboxylic acids is 2. The Bertz CT molecular complexity index is 510. The van der Waals surface area contributed by atoms with Crippen LogP contribution in [0.25, 0.3) is 0 Å². The summed E-state index contributed by atoms with van der Waals surface area (Å²) in [7, 11) is 0. The predicted octanol–water partition coefficient (Wildman–Crippen LogP) is 2.44. The van der Waals surface area contributed by atoms with Crippen LogP contribution in [0.4, 0.5) is 5.69 Å². The van der Waals surface area contributed by atoms with E-state index in [0.717, 1.165) is 17.7 Å². The van der Waals surface area contributed by atoms with E-state index in [2.05, 4.69) is 5.32 Å². The number of esters is 1. The van der Waals surface area contributed by atoms with Gasteiger partial charge in [0.15, 0.2) is 6.61 Å². The highest BCUT2D eigenvalue weighted by Gasteiger charge is 2.40. The number of benzene rings is 1. The van der Waals surface area contributed by atoms with Crippen LogP contribution in [0.3, 0.4) is 0 Å². The summed E-state index contributed by atoms with van der Waals surface area (Å²) in [6.07, 6.45) is 0.873. The Hall–Kier alpha value is -1.84. The maximum atomic E-state index is 11.6. The molecule has 0 heterocycles. The lowest BCUT2D eigenvalue weighted by Gasteiger charge is -2.08. The molecule has 1 saturated carbocycles. The maximum Gasteiger partial charge on any atom is 0.309 e. The number of rotatable bonds is 4. The highest BCUT2D eigenvalue weighted by Crippen LogP contribution is 2.38. The summed E-state index contributed by atoms with van der Waals surface area (Å²) in [6.45, 7) is 5.79. The molecule has 1 aromatic carbocycles. The number of aryl methyl sites for hydroxylation is 2. The summed E-state index contributed by atoms with van der Waals surface area (Å²) >= 11 is 0. The molecule has 4 heteroatoms. The number of amides is 1. The monoisotopic (exact) mass is 261 g/mol. The highest BCUT2D eigenvalue weighted by molar-refractivity contribution is 5.93. The van der Waals surface area contributed by atoms with E-state index in [9.17, 15) is 9.59 Å². The molecule has 1 N–H and O–H groups in total. The minimum Gasteiger partial charge on any atom is -0.455 e. The average molecular weight is 261 g/mol. The molecule has 0 bridgehead atoms. The van der Waals surface area contributed by atoms with Gasteiger partial charge in [-0.05, 0) is 49.4 Å². The van der Waals surface area contributed by atoms with Gasteiger partial charge in [0.1, 0.15) is 0 Å². The van der Waals surface area contributed by atoms with Crippen LogP contribution in [0.1, 0.15) is 24.5 Å². The van der Waals surface area contributed by atoms with Crippen molar-refractivity contribution in [1.29, 1.82) is 0 Å². The summed E-state index contributed by atoms with van der Waals surface area (Å²) in [5, 5.41) is 2.72. The summed E-state index contributed by atoms with van der Waals surface area (Å²) in [5.74, 6) is -0.169. The molecule has 1 aliphatic rings. The predicted molar refractivity (Wildman–Crippen MR) is 72.8 cm³/mol. The van der Waals surface area contributed by atoms with E-state index in [1.807, 2.05) is 39.0 Å². The first-order valence-corrected chi connectivity index (χ1v) is 6.51. The number of hydrogen-bond donors (Lipinski definition) is 1. The Morgan fingerprint density at radius 1 is 1.32 bits per heavy atom. The van der Waals surface area contributed by atoms with Crippen LogP contribution in [0.15, 0.2) is 18.2 Å². The molecule has 0 saturated heterocycles. The third-order valence-electron chi connectivity index (χ3n) is 3.55. The van der Waals surface area contributed by atoms with Gasteiger partial charge in [-0.1, -0.05) is 13.0 Å². The Labute approximate surface area is 113 Å². The molecular weight excluding hydrogens is 242 g/mol. The van der Waals surface area contributed by atoms with Crippen LogP contribution in [0, 0.1) is 25.7 Å². The topological polar surface area (TPSA) is 55.4 Å². The number of carbonyl (C=O) groups is 2. The summed E-state index contributed by atoms with van der Waals surface area (Å²) in [5.41, 5.74) is 3.01. The summed E-state index contributed by atoms with van der Waals surface area (Å²) in [6, 6.07) is 5.69. The molecule has 1 aromatic rings. The first kappa shape index (κ1) is 13.6. The molecule has 0 aromatic heterocycles. The minimum atomic E-state index is -0.301. The molecule has 1 aliphatic carbocycles. The van der Waals surface area contributed by atoms with Crippen LogP contribution in [0.2, 0.25) is 0 Å². The average Bonchev–Trinajstić information content (AvgIpc) is 3.08. The van der Waals surface area contributed by atoms with Crippen LogP contribution >= 0.6 is 0 Å². The van der Waals surface area contributed by atoms with Crippen LogP contribution in [0.5, 0.6) is 0 Å². The Morgan fingerprint density at radius 3 is 2.58 bits per heavy atom. The molecular formula is C15H19NO3. The molecule has 0 radical (unpaired) electrons. The second-order valence-electron chi connectivity index (χ2n) is 5.27. The van der Waals surface area contributed by atoms with Crippen molar-refractivity contribution in [2.24, 2.45) is 11.8 Å². The van der Waals surface area contributed by atoms with E-state index in [4.69, 9.17) is 4.74 Å². The lowest BCUT2D eigenvalue weighted by Crippen LogP contribution is -2.21. The molecule has 102 valence electrons. The lowest BCUT2D eigenvalue weighted by atomic mass is 10.1. The van der Waals surface area contributed by atoms with Gasteiger partial charge in [-0.25, -0.2) is 0 Å². The van der Waals surface area contributed by atoms with E-state index in [1.54, 1.807) is 0 Å². The van der Waals surface area contributed by atoms with Gasteiger partial charge in [-0.2, -0.15) is 0 Å². The van der Waals surface area contributed by atoms with Crippen molar-refractivity contribution in [2.75, 3.05) is 11.9 Å². The zero-order valence-electron chi connectivity index (χ0n) is 11.5. The van der Waals surface area contributed by atoms with Crippen molar-refractivity contribution in [2.45, 2.75) is 27.2 Å². The highest BCUT2D eigenvalue weighted by atomic mass is 16.5. The molecule has 1 fully saturated rings. The third-order valence-corrected chi connectivity index (χ3v) is 3.55. The molecule has 19 heavy (non-hydrogen) atoms. The Morgan fingerprint density at radius 2 is 2.00 bits per heavy atom. The number of anilines is 1. The van der Waals surface area contributed by atoms with Gasteiger partial charge in [0.05, 0.1) is 5.92 Å². The normalized spacial score (nSPS) is 20.8. The molecule has 1 amide bonds. The number of ether oxygens (including phenoxy) is 1. The zero-order chi connectivity index (χ0) is 14.0. The number of hydrogen-bond acceptors (Lipinski definition) is 3. The van der Waals surface area contributed by atoms with Crippen molar-refractivity contribution < 1.29 is 14.3 Å². The van der Waals surface area contributed by atoms with Gasteiger partial charge < -0.3 is 10.1 Å². The lowest BCUT2D eigenvalue weighted by molar-refractivity contribution is -0.148. The van der Waals surface area contributed by atoms with Crippen LogP contribution < -0.4 is 5.32 Å². The van der Waals surface area contributed by atoms with Crippen molar-refractivity contribution >= 4 is 17.6 Å². The number of nitrogens with one attached hydrogen (secondary N) is 1. The third kappa shape index (κ3) is 3.56. The minimum absolute atomic E-state index is 0.00517. The first-order chi connectivity index (χ1) is 8.97. The molecule has 2 rings (SSSR count). The van der Waals surface area contributed by atoms with E-state index in [0.29, 0.717) is 5.92 Å². The molecule has 2 atom stereocenters. The first-order valence-electron chi connectivity index (χ1n) is 6.51. The molecule has 0 aliphatic heterocycles. The largest absolute Gasteiger partial charge is 0.455 e. The van der Waals surface area contributed by atoms with Crippen LogP contribution in [-0.2, 0) is 14.3 Å². The second-order valence-corrected chi connectivity index (χ2v) is 5.27. The van der Waals surface area contributed by atoms with Gasteiger partial charge in [0.25, 0.3) is 5.91 Å². The van der Waals surface area contributed by atoms with E-state index in [-0.39, 0.29) is 24.4 Å². The maximum absolute atomic E-state index is 11.6. The summed E-state index contributed by atoms with van der Waals surface area (Å²) < 4.78 is 4.97. The van der Waals surface area contributed by atoms with Gasteiger partial charge in [0, 0.05) is 5.69 Å². The van der Waals surface area contributed by atoms with E-state index >= 15 is 0 Å². The smallest absolute Gasteiger partial charge is 0.309 e. The van der Waals surface area contributed by atoms with E-state index in [1.165, 1.54) is 5.56 Å². The van der Waals surface area contributed by atoms with Crippen molar-refractivity contribution in [1.82, 2.24) is 0 Å². The zero-order valence-corrected chi connectivity index (χ0v) is 11.5.